The molecule has 9 nitrogen and oxygen atoms in total. The lowest BCUT2D eigenvalue weighted by Crippen LogP contribution is -2.52. The largest absolute Gasteiger partial charge is 0.338 e. The third kappa shape index (κ3) is 5.20. The summed E-state index contributed by atoms with van der Waals surface area (Å²) in [5, 5.41) is 0. The Kier molecular flexibility index (Phi) is 5.97. The average Bonchev–Trinajstić information content (AvgIpc) is 2.68. The van der Waals surface area contributed by atoms with Crippen LogP contribution in [0.4, 0.5) is 5.95 Å². The molecule has 3 rings (SSSR count). The van der Waals surface area contributed by atoms with Gasteiger partial charge in [-0.05, 0) is 17.7 Å². The Morgan fingerprint density at radius 3 is 2.41 bits per heavy atom. The van der Waals surface area contributed by atoms with Crippen LogP contribution in [-0.2, 0) is 21.4 Å². The zero-order valence-electron chi connectivity index (χ0n) is 15.1. The molecule has 0 aromatic carbocycles. The fraction of sp³-hybridized carbons (Fsp3) is 0.412. The summed E-state index contributed by atoms with van der Waals surface area (Å²) < 4.78 is 25.4. The predicted octanol–water partition coefficient (Wildman–Crippen LogP) is -0.0180. The first kappa shape index (κ1) is 19.2. The maximum absolute atomic E-state index is 12.6. The first-order chi connectivity index (χ1) is 12.9. The highest BCUT2D eigenvalue weighted by Gasteiger charge is 2.27. The van der Waals surface area contributed by atoms with Crippen molar-refractivity contribution >= 4 is 21.9 Å². The molecule has 0 atom stereocenters. The van der Waals surface area contributed by atoms with Gasteiger partial charge in [0.15, 0.2) is 0 Å². The monoisotopic (exact) mass is 390 g/mol. The van der Waals surface area contributed by atoms with E-state index in [9.17, 15) is 13.2 Å². The highest BCUT2D eigenvalue weighted by Crippen LogP contribution is 2.12. The van der Waals surface area contributed by atoms with E-state index in [0.717, 1.165) is 11.8 Å². The van der Waals surface area contributed by atoms with Crippen LogP contribution < -0.4 is 4.90 Å². The lowest BCUT2D eigenvalue weighted by atomic mass is 10.3. The van der Waals surface area contributed by atoms with E-state index < -0.39 is 10.0 Å². The van der Waals surface area contributed by atoms with Gasteiger partial charge < -0.3 is 9.80 Å². The molecule has 0 spiro atoms. The van der Waals surface area contributed by atoms with E-state index in [4.69, 9.17) is 0 Å². The van der Waals surface area contributed by atoms with Crippen molar-refractivity contribution in [2.75, 3.05) is 43.9 Å². The number of sulfonamides is 1. The summed E-state index contributed by atoms with van der Waals surface area (Å²) in [6.07, 6.45) is 7.70. The number of carbonyl (C=O) groups is 1. The molecular weight excluding hydrogens is 368 g/mol. The van der Waals surface area contributed by atoms with Gasteiger partial charge in [-0.25, -0.2) is 18.4 Å². The first-order valence-electron chi connectivity index (χ1n) is 8.57. The summed E-state index contributed by atoms with van der Waals surface area (Å²) in [4.78, 5) is 28.8. The number of amides is 1. The number of aromatic nitrogens is 3. The van der Waals surface area contributed by atoms with Gasteiger partial charge >= 0.3 is 0 Å². The molecule has 0 saturated carbocycles. The Morgan fingerprint density at radius 2 is 1.81 bits per heavy atom. The van der Waals surface area contributed by atoms with Gasteiger partial charge in [-0.15, -0.1) is 0 Å². The van der Waals surface area contributed by atoms with Crippen molar-refractivity contribution in [3.63, 3.8) is 0 Å². The number of anilines is 1. The van der Waals surface area contributed by atoms with Crippen molar-refractivity contribution in [3.05, 3.63) is 48.5 Å². The van der Waals surface area contributed by atoms with Crippen LogP contribution in [0, 0.1) is 0 Å². The van der Waals surface area contributed by atoms with Crippen molar-refractivity contribution in [2.45, 2.75) is 6.54 Å². The van der Waals surface area contributed by atoms with Gasteiger partial charge in [0.2, 0.25) is 21.9 Å². The Labute approximate surface area is 158 Å². The van der Waals surface area contributed by atoms with Gasteiger partial charge in [-0.2, -0.15) is 4.31 Å². The third-order valence-corrected chi connectivity index (χ3v) is 5.53. The minimum absolute atomic E-state index is 0.121. The molecule has 1 saturated heterocycles. The molecule has 0 unspecified atom stereocenters. The number of hydrogen-bond acceptors (Lipinski definition) is 7. The van der Waals surface area contributed by atoms with Crippen LogP contribution in [0.1, 0.15) is 5.56 Å². The van der Waals surface area contributed by atoms with E-state index >= 15 is 0 Å². The van der Waals surface area contributed by atoms with Crippen LogP contribution in [0.3, 0.4) is 0 Å². The van der Waals surface area contributed by atoms with Gasteiger partial charge in [0.1, 0.15) is 0 Å². The van der Waals surface area contributed by atoms with Crippen LogP contribution in [0.2, 0.25) is 0 Å². The molecule has 0 aliphatic carbocycles. The van der Waals surface area contributed by atoms with E-state index in [-0.39, 0.29) is 19.0 Å². The second kappa shape index (κ2) is 8.40. The number of nitrogens with zero attached hydrogens (tertiary/aromatic N) is 6. The van der Waals surface area contributed by atoms with Crippen molar-refractivity contribution in [1.82, 2.24) is 24.2 Å². The van der Waals surface area contributed by atoms with E-state index in [1.807, 2.05) is 4.90 Å². The molecule has 27 heavy (non-hydrogen) atoms. The van der Waals surface area contributed by atoms with Crippen molar-refractivity contribution in [2.24, 2.45) is 0 Å². The van der Waals surface area contributed by atoms with Gasteiger partial charge in [0, 0.05) is 57.5 Å². The van der Waals surface area contributed by atoms with Gasteiger partial charge in [-0.3, -0.25) is 9.78 Å². The molecule has 10 heteroatoms. The lowest BCUT2D eigenvalue weighted by molar-refractivity contribution is -0.131. The lowest BCUT2D eigenvalue weighted by Gasteiger charge is -2.35. The predicted molar refractivity (Wildman–Crippen MR) is 100 cm³/mol. The summed E-state index contributed by atoms with van der Waals surface area (Å²) >= 11 is 0. The second-order valence-electron chi connectivity index (χ2n) is 6.31. The third-order valence-electron chi connectivity index (χ3n) is 4.33. The number of pyridine rings is 1. The van der Waals surface area contributed by atoms with Crippen LogP contribution in [0.5, 0.6) is 0 Å². The Bertz CT molecular complexity index is 855. The Balaban J connectivity index is 1.60. The van der Waals surface area contributed by atoms with E-state index in [1.54, 1.807) is 47.9 Å². The molecule has 2 aromatic rings. The maximum atomic E-state index is 12.6. The molecule has 3 heterocycles. The van der Waals surface area contributed by atoms with Gasteiger partial charge in [-0.1, -0.05) is 6.07 Å². The normalized spacial score (nSPS) is 15.2. The molecule has 1 amide bonds. The zero-order valence-corrected chi connectivity index (χ0v) is 15.9. The Hall–Kier alpha value is -2.59. The molecule has 0 bridgehead atoms. The standard InChI is InChI=1S/C17H22N6O3S/c1-27(25,26)23(13-15-4-2-5-18-12-15)14-16(24)21-8-10-22(11-9-21)17-19-6-3-7-20-17/h2-7,12H,8-11,13-14H2,1H3. The highest BCUT2D eigenvalue weighted by molar-refractivity contribution is 7.88. The number of rotatable bonds is 6. The average molecular weight is 390 g/mol. The second-order valence-corrected chi connectivity index (χ2v) is 8.29. The topological polar surface area (TPSA) is 99.6 Å². The molecule has 0 N–H and O–H groups in total. The zero-order chi connectivity index (χ0) is 19.3. The molecule has 1 aliphatic rings. The number of carbonyl (C=O) groups excluding carboxylic acids is 1. The summed E-state index contributed by atoms with van der Waals surface area (Å²) in [6, 6.07) is 5.28. The fourth-order valence-corrected chi connectivity index (χ4v) is 3.58. The minimum atomic E-state index is -3.52. The van der Waals surface area contributed by atoms with Gasteiger partial charge in [0.25, 0.3) is 0 Å². The summed E-state index contributed by atoms with van der Waals surface area (Å²) in [6.45, 7) is 2.16. The minimum Gasteiger partial charge on any atom is -0.338 e. The highest BCUT2D eigenvalue weighted by atomic mass is 32.2. The summed E-state index contributed by atoms with van der Waals surface area (Å²) in [7, 11) is -3.52. The maximum Gasteiger partial charge on any atom is 0.238 e. The van der Waals surface area contributed by atoms with Gasteiger partial charge in [0.05, 0.1) is 12.8 Å². The van der Waals surface area contributed by atoms with E-state index in [0.29, 0.717) is 32.1 Å². The molecule has 1 aliphatic heterocycles. The smallest absolute Gasteiger partial charge is 0.238 e. The van der Waals surface area contributed by atoms with Crippen molar-refractivity contribution < 1.29 is 13.2 Å². The van der Waals surface area contributed by atoms with E-state index in [1.165, 1.54) is 4.31 Å². The van der Waals surface area contributed by atoms with Crippen LogP contribution in [-0.4, -0.2) is 77.5 Å². The summed E-state index contributed by atoms with van der Waals surface area (Å²) in [5.41, 5.74) is 0.738. The van der Waals surface area contributed by atoms with E-state index in [2.05, 4.69) is 15.0 Å². The fourth-order valence-electron chi connectivity index (χ4n) is 2.85. The van der Waals surface area contributed by atoms with Crippen LogP contribution in [0.15, 0.2) is 43.0 Å². The number of hydrogen-bond donors (Lipinski definition) is 0. The van der Waals surface area contributed by atoms with Crippen molar-refractivity contribution in [3.8, 4) is 0 Å². The SMILES string of the molecule is CS(=O)(=O)N(CC(=O)N1CCN(c2ncccn2)CC1)Cc1cccnc1. The molecular formula is C17H22N6O3S. The Morgan fingerprint density at radius 1 is 1.11 bits per heavy atom. The summed E-state index contributed by atoms with van der Waals surface area (Å²) in [5.74, 6) is 0.428. The van der Waals surface area contributed by atoms with Crippen molar-refractivity contribution in [1.29, 1.82) is 0 Å². The first-order valence-corrected chi connectivity index (χ1v) is 10.4. The molecule has 0 radical (unpaired) electrons. The quantitative estimate of drug-likeness (QED) is 0.683. The van der Waals surface area contributed by atoms with Crippen LogP contribution in [0.25, 0.3) is 0 Å². The van der Waals surface area contributed by atoms with Crippen LogP contribution >= 0.6 is 0 Å². The number of piperazine rings is 1. The molecule has 1 fully saturated rings. The molecule has 144 valence electrons. The molecule has 2 aromatic heterocycles.